The van der Waals surface area contributed by atoms with E-state index in [1.54, 1.807) is 9.47 Å². The number of carboxylic acid groups (broad SMARTS) is 1. The Labute approximate surface area is 87.5 Å². The average molecular weight is 210 g/mol. The van der Waals surface area contributed by atoms with Crippen LogP contribution in [0, 0.1) is 0 Å². The van der Waals surface area contributed by atoms with E-state index in [4.69, 9.17) is 5.11 Å². The minimum atomic E-state index is -1.01. The Balaban J connectivity index is 2.43. The van der Waals surface area contributed by atoms with Crippen LogP contribution in [-0.2, 0) is 0 Å². The summed E-state index contributed by atoms with van der Waals surface area (Å²) in [5, 5.41) is 16.6. The number of rotatable bonds is 3. The van der Waals surface area contributed by atoms with Crippen LogP contribution in [-0.4, -0.2) is 39.9 Å². The first-order valence-electron chi connectivity index (χ1n) is 4.96. The Morgan fingerprint density at radius 3 is 2.53 bits per heavy atom. The third kappa shape index (κ3) is 1.55. The summed E-state index contributed by atoms with van der Waals surface area (Å²) in [4.78, 5) is 12.7. The van der Waals surface area contributed by atoms with Gasteiger partial charge in [0.15, 0.2) is 0 Å². The predicted octanol–water partition coefficient (Wildman–Crippen LogP) is 0.767. The molecular formula is C9H14N4O2. The molecule has 0 spiro atoms. The van der Waals surface area contributed by atoms with Gasteiger partial charge in [0.2, 0.25) is 11.8 Å². The second kappa shape index (κ2) is 3.52. The molecule has 0 radical (unpaired) electrons. The summed E-state index contributed by atoms with van der Waals surface area (Å²) >= 11 is 0. The highest BCUT2D eigenvalue weighted by atomic mass is 16.4. The van der Waals surface area contributed by atoms with Crippen LogP contribution in [0.3, 0.4) is 0 Å². The standard InChI is InChI=1S/C9H14N4O2/c1-12(2)9-11-10-7(8(14)15)13(9)6-4-3-5-6/h6H,3-5H2,1-2H3,(H,14,15). The van der Waals surface area contributed by atoms with E-state index in [1.165, 1.54) is 0 Å². The summed E-state index contributed by atoms with van der Waals surface area (Å²) in [7, 11) is 3.68. The Hall–Kier alpha value is -1.59. The number of aromatic nitrogens is 3. The third-order valence-electron chi connectivity index (χ3n) is 2.71. The topological polar surface area (TPSA) is 71.2 Å². The highest BCUT2D eigenvalue weighted by molar-refractivity contribution is 5.84. The quantitative estimate of drug-likeness (QED) is 0.797. The number of carboxylic acids is 1. The lowest BCUT2D eigenvalue weighted by Gasteiger charge is -2.29. The van der Waals surface area contributed by atoms with Crippen LogP contribution in [0.25, 0.3) is 0 Å². The highest BCUT2D eigenvalue weighted by Crippen LogP contribution is 2.35. The van der Waals surface area contributed by atoms with Gasteiger partial charge in [-0.1, -0.05) is 0 Å². The van der Waals surface area contributed by atoms with Crippen LogP contribution < -0.4 is 4.90 Å². The predicted molar refractivity (Wildman–Crippen MR) is 54.2 cm³/mol. The van der Waals surface area contributed by atoms with Crippen molar-refractivity contribution in [1.29, 1.82) is 0 Å². The number of anilines is 1. The van der Waals surface area contributed by atoms with Gasteiger partial charge in [-0.3, -0.25) is 4.57 Å². The molecule has 1 aliphatic rings. The van der Waals surface area contributed by atoms with Gasteiger partial charge in [-0.15, -0.1) is 10.2 Å². The van der Waals surface area contributed by atoms with E-state index in [1.807, 2.05) is 14.1 Å². The fraction of sp³-hybridized carbons (Fsp3) is 0.667. The van der Waals surface area contributed by atoms with Crippen molar-refractivity contribution in [3.63, 3.8) is 0 Å². The van der Waals surface area contributed by atoms with Gasteiger partial charge in [0.1, 0.15) is 0 Å². The monoisotopic (exact) mass is 210 g/mol. The van der Waals surface area contributed by atoms with Crippen molar-refractivity contribution in [1.82, 2.24) is 14.8 Å². The van der Waals surface area contributed by atoms with Gasteiger partial charge in [0.05, 0.1) is 0 Å². The highest BCUT2D eigenvalue weighted by Gasteiger charge is 2.29. The molecule has 1 aromatic heterocycles. The van der Waals surface area contributed by atoms with Crippen molar-refractivity contribution in [3.05, 3.63) is 5.82 Å². The second-order valence-electron chi connectivity index (χ2n) is 3.98. The van der Waals surface area contributed by atoms with E-state index in [-0.39, 0.29) is 11.9 Å². The van der Waals surface area contributed by atoms with Crippen LogP contribution in [0.1, 0.15) is 35.9 Å². The zero-order valence-electron chi connectivity index (χ0n) is 8.84. The lowest BCUT2D eigenvalue weighted by Crippen LogP contribution is -2.25. The maximum atomic E-state index is 11.0. The Kier molecular flexibility index (Phi) is 2.34. The molecule has 1 aliphatic carbocycles. The van der Waals surface area contributed by atoms with Crippen molar-refractivity contribution in [2.24, 2.45) is 0 Å². The van der Waals surface area contributed by atoms with E-state index in [2.05, 4.69) is 10.2 Å². The Morgan fingerprint density at radius 2 is 2.13 bits per heavy atom. The second-order valence-corrected chi connectivity index (χ2v) is 3.98. The summed E-state index contributed by atoms with van der Waals surface area (Å²) < 4.78 is 1.73. The number of hydrogen-bond acceptors (Lipinski definition) is 4. The SMILES string of the molecule is CN(C)c1nnc(C(=O)O)n1C1CCC1. The number of hydrogen-bond donors (Lipinski definition) is 1. The zero-order valence-corrected chi connectivity index (χ0v) is 8.84. The summed E-state index contributed by atoms with van der Waals surface area (Å²) in [5.41, 5.74) is 0. The van der Waals surface area contributed by atoms with Crippen molar-refractivity contribution >= 4 is 11.9 Å². The molecule has 0 bridgehead atoms. The van der Waals surface area contributed by atoms with Gasteiger partial charge < -0.3 is 10.0 Å². The summed E-state index contributed by atoms with van der Waals surface area (Å²) in [6, 6.07) is 0.253. The van der Waals surface area contributed by atoms with Crippen molar-refractivity contribution in [2.75, 3.05) is 19.0 Å². The summed E-state index contributed by atoms with van der Waals surface area (Å²) in [5.74, 6) is -0.344. The summed E-state index contributed by atoms with van der Waals surface area (Å²) in [6.45, 7) is 0. The Bertz CT molecular complexity index is 381. The molecule has 1 saturated carbocycles. The van der Waals surface area contributed by atoms with E-state index in [0.717, 1.165) is 19.3 Å². The molecule has 1 aromatic rings. The molecule has 82 valence electrons. The van der Waals surface area contributed by atoms with Gasteiger partial charge in [-0.2, -0.15) is 0 Å². The molecule has 0 unspecified atom stereocenters. The first-order chi connectivity index (χ1) is 7.11. The third-order valence-corrected chi connectivity index (χ3v) is 2.71. The minimum absolute atomic E-state index is 0.0448. The molecule has 0 amide bonds. The van der Waals surface area contributed by atoms with Crippen LogP contribution in [0.5, 0.6) is 0 Å². The normalized spacial score (nSPS) is 16.1. The van der Waals surface area contributed by atoms with E-state index in [9.17, 15) is 4.79 Å². The fourth-order valence-corrected chi connectivity index (χ4v) is 1.72. The maximum Gasteiger partial charge on any atom is 0.374 e. The van der Waals surface area contributed by atoms with Crippen LogP contribution in [0.15, 0.2) is 0 Å². The zero-order chi connectivity index (χ0) is 11.0. The smallest absolute Gasteiger partial charge is 0.374 e. The molecule has 15 heavy (non-hydrogen) atoms. The molecular weight excluding hydrogens is 196 g/mol. The lowest BCUT2D eigenvalue weighted by molar-refractivity contribution is 0.0671. The Morgan fingerprint density at radius 1 is 1.47 bits per heavy atom. The summed E-state index contributed by atoms with van der Waals surface area (Å²) in [6.07, 6.45) is 3.17. The molecule has 2 rings (SSSR count). The van der Waals surface area contributed by atoms with Gasteiger partial charge >= 0.3 is 5.97 Å². The van der Waals surface area contributed by atoms with Crippen LogP contribution in [0.4, 0.5) is 5.95 Å². The molecule has 0 saturated heterocycles. The first-order valence-corrected chi connectivity index (χ1v) is 4.96. The molecule has 0 aromatic carbocycles. The molecule has 1 N–H and O–H groups in total. The van der Waals surface area contributed by atoms with Crippen molar-refractivity contribution in [3.8, 4) is 0 Å². The van der Waals surface area contributed by atoms with Crippen molar-refractivity contribution in [2.45, 2.75) is 25.3 Å². The minimum Gasteiger partial charge on any atom is -0.475 e. The number of nitrogens with zero attached hydrogens (tertiary/aromatic N) is 4. The van der Waals surface area contributed by atoms with Crippen molar-refractivity contribution < 1.29 is 9.90 Å². The van der Waals surface area contributed by atoms with E-state index in [0.29, 0.717) is 5.95 Å². The number of aromatic carboxylic acids is 1. The van der Waals surface area contributed by atoms with Crippen LogP contribution >= 0.6 is 0 Å². The lowest BCUT2D eigenvalue weighted by atomic mass is 9.93. The fourth-order valence-electron chi connectivity index (χ4n) is 1.72. The molecule has 1 fully saturated rings. The van der Waals surface area contributed by atoms with E-state index < -0.39 is 5.97 Å². The number of carbonyl (C=O) groups is 1. The maximum absolute atomic E-state index is 11.0. The molecule has 6 nitrogen and oxygen atoms in total. The van der Waals surface area contributed by atoms with Gasteiger partial charge in [-0.05, 0) is 19.3 Å². The largest absolute Gasteiger partial charge is 0.475 e. The molecule has 0 aliphatic heterocycles. The first kappa shape index (κ1) is 9.95. The van der Waals surface area contributed by atoms with Gasteiger partial charge in [-0.25, -0.2) is 4.79 Å². The molecule has 0 atom stereocenters. The van der Waals surface area contributed by atoms with Crippen LogP contribution in [0.2, 0.25) is 0 Å². The van der Waals surface area contributed by atoms with Gasteiger partial charge in [0, 0.05) is 20.1 Å². The molecule has 1 heterocycles. The average Bonchev–Trinajstić information content (AvgIpc) is 2.45. The molecule has 6 heteroatoms. The van der Waals surface area contributed by atoms with E-state index >= 15 is 0 Å². The van der Waals surface area contributed by atoms with Gasteiger partial charge in [0.25, 0.3) is 0 Å².